The van der Waals surface area contributed by atoms with Gasteiger partial charge >= 0.3 is 0 Å². The van der Waals surface area contributed by atoms with Crippen molar-refractivity contribution in [2.45, 2.75) is 46.3 Å². The van der Waals surface area contributed by atoms with Crippen LogP contribution in [0.4, 0.5) is 0 Å². The zero-order valence-electron chi connectivity index (χ0n) is 13.1. The normalized spacial score (nSPS) is 10.9. The fourth-order valence-electron chi connectivity index (χ4n) is 2.30. The van der Waals surface area contributed by atoms with Crippen LogP contribution in [0.2, 0.25) is 0 Å². The quantitative estimate of drug-likeness (QED) is 0.833. The van der Waals surface area contributed by atoms with Crippen molar-refractivity contribution < 1.29 is 9.53 Å². The zero-order valence-corrected chi connectivity index (χ0v) is 13.1. The van der Waals surface area contributed by atoms with Crippen LogP contribution in [0.3, 0.4) is 0 Å². The van der Waals surface area contributed by atoms with Gasteiger partial charge in [-0.25, -0.2) is 0 Å². The lowest BCUT2D eigenvalue weighted by Gasteiger charge is -2.30. The molecule has 1 aromatic rings. The van der Waals surface area contributed by atoms with Crippen molar-refractivity contribution in [3.63, 3.8) is 0 Å². The van der Waals surface area contributed by atoms with Crippen LogP contribution in [-0.4, -0.2) is 36.5 Å². The van der Waals surface area contributed by atoms with Crippen molar-refractivity contribution in [3.05, 3.63) is 29.8 Å². The summed E-state index contributed by atoms with van der Waals surface area (Å²) in [5.41, 5.74) is 1.19. The van der Waals surface area contributed by atoms with Gasteiger partial charge in [0.25, 0.3) is 5.91 Å². The summed E-state index contributed by atoms with van der Waals surface area (Å²) in [5, 5.41) is 3.09. The second-order valence-electron chi connectivity index (χ2n) is 5.45. The minimum absolute atomic E-state index is 0.0225. The summed E-state index contributed by atoms with van der Waals surface area (Å²) in [6.07, 6.45) is 0. The molecule has 0 saturated heterocycles. The number of benzene rings is 1. The molecule has 0 aliphatic carbocycles. The average molecular weight is 278 g/mol. The number of rotatable bonds is 7. The summed E-state index contributed by atoms with van der Waals surface area (Å²) in [6.45, 7) is 8.99. The predicted molar refractivity (Wildman–Crippen MR) is 81.8 cm³/mol. The fraction of sp³-hybridized carbons (Fsp3) is 0.562. The summed E-state index contributed by atoms with van der Waals surface area (Å²) in [6, 6.07) is 8.16. The second kappa shape index (κ2) is 7.90. The number of carbonyl (C=O) groups is 1. The van der Waals surface area contributed by atoms with Crippen molar-refractivity contribution in [3.8, 4) is 5.75 Å². The van der Waals surface area contributed by atoms with Gasteiger partial charge in [-0.05, 0) is 52.4 Å². The lowest BCUT2D eigenvalue weighted by Crippen LogP contribution is -2.44. The summed E-state index contributed by atoms with van der Waals surface area (Å²) >= 11 is 0. The molecule has 0 aliphatic rings. The van der Waals surface area contributed by atoms with E-state index in [0.29, 0.717) is 0 Å². The first-order valence-electron chi connectivity index (χ1n) is 7.13. The van der Waals surface area contributed by atoms with Crippen LogP contribution in [0.15, 0.2) is 24.3 Å². The second-order valence-corrected chi connectivity index (χ2v) is 5.45. The highest BCUT2D eigenvalue weighted by Crippen LogP contribution is 2.13. The van der Waals surface area contributed by atoms with Crippen LogP contribution < -0.4 is 10.1 Å². The van der Waals surface area contributed by atoms with E-state index in [2.05, 4.69) is 5.32 Å². The molecule has 0 atom stereocenters. The van der Waals surface area contributed by atoms with Crippen LogP contribution in [0.5, 0.6) is 5.75 Å². The molecule has 112 valence electrons. The lowest BCUT2D eigenvalue weighted by atomic mass is 10.2. The first kappa shape index (κ1) is 16.5. The molecule has 20 heavy (non-hydrogen) atoms. The highest BCUT2D eigenvalue weighted by atomic mass is 16.5. The molecule has 1 N–H and O–H groups in total. The van der Waals surface area contributed by atoms with E-state index in [4.69, 9.17) is 4.74 Å². The molecule has 0 spiro atoms. The van der Waals surface area contributed by atoms with E-state index in [-0.39, 0.29) is 24.6 Å². The molecule has 0 aliphatic heterocycles. The largest absolute Gasteiger partial charge is 0.484 e. The summed E-state index contributed by atoms with van der Waals surface area (Å²) in [7, 11) is 1.91. The maximum absolute atomic E-state index is 12.2. The van der Waals surface area contributed by atoms with Crippen molar-refractivity contribution in [2.75, 3.05) is 13.7 Å². The summed E-state index contributed by atoms with van der Waals surface area (Å²) < 4.78 is 5.57. The average Bonchev–Trinajstić information content (AvgIpc) is 2.37. The topological polar surface area (TPSA) is 41.6 Å². The first-order chi connectivity index (χ1) is 9.45. The summed E-state index contributed by atoms with van der Waals surface area (Å²) in [4.78, 5) is 14.0. The van der Waals surface area contributed by atoms with Gasteiger partial charge in [0.1, 0.15) is 5.75 Å². The highest BCUT2D eigenvalue weighted by molar-refractivity contribution is 5.78. The standard InChI is InChI=1S/C16H26N2O2/c1-12(2)18(13(3)4)16(19)11-20-15-8-6-14(7-9-15)10-17-5/h6-9,12-13,17H,10-11H2,1-5H3. The molecule has 1 rings (SSSR count). The number of nitrogens with zero attached hydrogens (tertiary/aromatic N) is 1. The van der Waals surface area contributed by atoms with Gasteiger partial charge in [0.05, 0.1) is 0 Å². The van der Waals surface area contributed by atoms with E-state index in [1.54, 1.807) is 0 Å². The molecule has 0 aromatic heterocycles. The van der Waals surface area contributed by atoms with Gasteiger partial charge in [0.2, 0.25) is 0 Å². The van der Waals surface area contributed by atoms with E-state index in [9.17, 15) is 4.79 Å². The maximum atomic E-state index is 12.2. The van der Waals surface area contributed by atoms with Crippen molar-refractivity contribution in [1.82, 2.24) is 10.2 Å². The Hall–Kier alpha value is -1.55. The van der Waals surface area contributed by atoms with E-state index in [1.807, 2.05) is 63.9 Å². The third-order valence-corrected chi connectivity index (χ3v) is 3.07. The number of hydrogen-bond donors (Lipinski definition) is 1. The zero-order chi connectivity index (χ0) is 15.1. The number of hydrogen-bond acceptors (Lipinski definition) is 3. The lowest BCUT2D eigenvalue weighted by molar-refractivity contribution is -0.136. The Labute approximate surface area is 122 Å². The molecule has 4 heteroatoms. The molecule has 4 nitrogen and oxygen atoms in total. The Balaban J connectivity index is 2.55. The molecule has 0 unspecified atom stereocenters. The molecule has 0 fully saturated rings. The Morgan fingerprint density at radius 3 is 2.15 bits per heavy atom. The maximum Gasteiger partial charge on any atom is 0.260 e. The Morgan fingerprint density at radius 2 is 1.70 bits per heavy atom. The van der Waals surface area contributed by atoms with E-state index in [0.717, 1.165) is 12.3 Å². The Bertz CT molecular complexity index is 405. The third-order valence-electron chi connectivity index (χ3n) is 3.07. The van der Waals surface area contributed by atoms with Crippen LogP contribution in [0.25, 0.3) is 0 Å². The molecule has 0 saturated carbocycles. The molecule has 0 radical (unpaired) electrons. The minimum Gasteiger partial charge on any atom is -0.484 e. The van der Waals surface area contributed by atoms with Gasteiger partial charge in [0, 0.05) is 18.6 Å². The van der Waals surface area contributed by atoms with Gasteiger partial charge < -0.3 is 15.0 Å². The summed E-state index contributed by atoms with van der Waals surface area (Å²) in [5.74, 6) is 0.750. The van der Waals surface area contributed by atoms with Gasteiger partial charge in [-0.1, -0.05) is 12.1 Å². The van der Waals surface area contributed by atoms with Gasteiger partial charge in [-0.15, -0.1) is 0 Å². The first-order valence-corrected chi connectivity index (χ1v) is 7.13. The molecule has 1 amide bonds. The molecular weight excluding hydrogens is 252 g/mol. The van der Waals surface area contributed by atoms with E-state index in [1.165, 1.54) is 5.56 Å². The monoisotopic (exact) mass is 278 g/mol. The van der Waals surface area contributed by atoms with Crippen LogP contribution >= 0.6 is 0 Å². The number of carbonyl (C=O) groups excluding carboxylic acids is 1. The Kier molecular flexibility index (Phi) is 6.52. The minimum atomic E-state index is 0.0225. The van der Waals surface area contributed by atoms with Crippen molar-refractivity contribution in [1.29, 1.82) is 0 Å². The third kappa shape index (κ3) is 4.85. The molecular formula is C16H26N2O2. The smallest absolute Gasteiger partial charge is 0.260 e. The van der Waals surface area contributed by atoms with Crippen LogP contribution in [0.1, 0.15) is 33.3 Å². The SMILES string of the molecule is CNCc1ccc(OCC(=O)N(C(C)C)C(C)C)cc1. The number of ether oxygens (including phenoxy) is 1. The van der Waals surface area contributed by atoms with Crippen molar-refractivity contribution >= 4 is 5.91 Å². The van der Waals surface area contributed by atoms with Gasteiger partial charge in [-0.3, -0.25) is 4.79 Å². The van der Waals surface area contributed by atoms with E-state index >= 15 is 0 Å². The van der Waals surface area contributed by atoms with Crippen LogP contribution in [0, 0.1) is 0 Å². The predicted octanol–water partition coefficient (Wildman–Crippen LogP) is 2.43. The molecule has 0 bridgehead atoms. The molecule has 0 heterocycles. The van der Waals surface area contributed by atoms with E-state index < -0.39 is 0 Å². The number of nitrogens with one attached hydrogen (secondary N) is 1. The fourth-order valence-corrected chi connectivity index (χ4v) is 2.30. The van der Waals surface area contributed by atoms with Gasteiger partial charge in [-0.2, -0.15) is 0 Å². The van der Waals surface area contributed by atoms with Crippen molar-refractivity contribution in [2.24, 2.45) is 0 Å². The Morgan fingerprint density at radius 1 is 1.15 bits per heavy atom. The molecule has 1 aromatic carbocycles. The number of amides is 1. The highest BCUT2D eigenvalue weighted by Gasteiger charge is 2.20. The van der Waals surface area contributed by atoms with Gasteiger partial charge in [0.15, 0.2) is 6.61 Å². The van der Waals surface area contributed by atoms with Crippen LogP contribution in [-0.2, 0) is 11.3 Å².